The first-order chi connectivity index (χ1) is 17.4. The van der Waals surface area contributed by atoms with Crippen LogP contribution in [0.3, 0.4) is 0 Å². The molecule has 1 saturated carbocycles. The van der Waals surface area contributed by atoms with E-state index in [0.717, 1.165) is 41.5 Å². The fourth-order valence-electron chi connectivity index (χ4n) is 4.79. The summed E-state index contributed by atoms with van der Waals surface area (Å²) in [6, 6.07) is 8.26. The van der Waals surface area contributed by atoms with Crippen LogP contribution in [0, 0.1) is 5.41 Å². The molecule has 4 aromatic rings. The Bertz CT molecular complexity index is 1380. The Morgan fingerprint density at radius 3 is 2.81 bits per heavy atom. The molecule has 1 aliphatic carbocycles. The number of aromatic nitrogens is 6. The number of ether oxygens (including phenoxy) is 1. The molecule has 3 heterocycles. The summed E-state index contributed by atoms with van der Waals surface area (Å²) in [5.41, 5.74) is 3.32. The van der Waals surface area contributed by atoms with Crippen molar-refractivity contribution in [3.8, 4) is 16.8 Å². The summed E-state index contributed by atoms with van der Waals surface area (Å²) in [5.74, 6) is 0.610. The first kappa shape index (κ1) is 24.4. The number of hydrogen-bond donors (Lipinski definition) is 2. The number of hydrogen-bond acceptors (Lipinski definition) is 7. The number of methoxy groups -OCH3 is 1. The third kappa shape index (κ3) is 4.72. The number of nitrogens with zero attached hydrogens (tertiary/aromatic N) is 6. The molecule has 5 rings (SSSR count). The van der Waals surface area contributed by atoms with Gasteiger partial charge in [0.1, 0.15) is 4.60 Å². The molecule has 36 heavy (non-hydrogen) atoms. The summed E-state index contributed by atoms with van der Waals surface area (Å²) in [7, 11) is 3.37. The first-order valence-electron chi connectivity index (χ1n) is 11.9. The van der Waals surface area contributed by atoms with Crippen LogP contribution in [0.2, 0.25) is 0 Å². The van der Waals surface area contributed by atoms with Crippen molar-refractivity contribution in [1.29, 1.82) is 0 Å². The van der Waals surface area contributed by atoms with Gasteiger partial charge < -0.3 is 15.4 Å². The molecular formula is C25H29BrN8O2. The van der Waals surface area contributed by atoms with Gasteiger partial charge in [-0.2, -0.15) is 15.2 Å². The van der Waals surface area contributed by atoms with Crippen LogP contribution in [-0.2, 0) is 16.1 Å². The van der Waals surface area contributed by atoms with Crippen LogP contribution < -0.4 is 10.6 Å². The summed E-state index contributed by atoms with van der Waals surface area (Å²) in [5, 5.41) is 16.1. The van der Waals surface area contributed by atoms with Gasteiger partial charge in [-0.05, 0) is 52.9 Å². The number of rotatable bonds is 8. The SMILES string of the molecule is CNC(=O)C1(C)CC[C@@H](Nc2ncc3c(Br)nn(-c4ccc(-c5cnn(CCOC)c5)cc4)c3n2)C1. The molecule has 0 radical (unpaired) electrons. The molecule has 0 bridgehead atoms. The molecule has 3 aromatic heterocycles. The average Bonchev–Trinajstić information content (AvgIpc) is 3.60. The topological polar surface area (TPSA) is 112 Å². The Balaban J connectivity index is 1.37. The molecule has 1 aliphatic rings. The molecular weight excluding hydrogens is 524 g/mol. The van der Waals surface area contributed by atoms with Crippen molar-refractivity contribution in [2.24, 2.45) is 5.41 Å². The van der Waals surface area contributed by atoms with Crippen molar-refractivity contribution in [2.75, 3.05) is 26.1 Å². The first-order valence-corrected chi connectivity index (χ1v) is 12.7. The lowest BCUT2D eigenvalue weighted by molar-refractivity contribution is -0.129. The van der Waals surface area contributed by atoms with Gasteiger partial charge in [0, 0.05) is 43.6 Å². The van der Waals surface area contributed by atoms with Gasteiger partial charge in [-0.3, -0.25) is 9.48 Å². The predicted molar refractivity (Wildman–Crippen MR) is 141 cm³/mol. The zero-order valence-corrected chi connectivity index (χ0v) is 22.1. The summed E-state index contributed by atoms with van der Waals surface area (Å²) in [6.07, 6.45) is 8.09. The number of anilines is 1. The minimum Gasteiger partial charge on any atom is -0.383 e. The van der Waals surface area contributed by atoms with E-state index in [1.165, 1.54) is 0 Å². The summed E-state index contributed by atoms with van der Waals surface area (Å²) >= 11 is 3.54. The van der Waals surface area contributed by atoms with E-state index in [0.29, 0.717) is 29.4 Å². The van der Waals surface area contributed by atoms with Crippen LogP contribution in [0.1, 0.15) is 26.2 Å². The highest BCUT2D eigenvalue weighted by Gasteiger charge is 2.40. The molecule has 2 N–H and O–H groups in total. The lowest BCUT2D eigenvalue weighted by atomic mass is 9.87. The number of amides is 1. The second kappa shape index (κ2) is 9.98. The van der Waals surface area contributed by atoms with Gasteiger partial charge in [-0.15, -0.1) is 0 Å². The Morgan fingerprint density at radius 1 is 1.25 bits per heavy atom. The number of carbonyl (C=O) groups is 1. The minimum atomic E-state index is -0.372. The standard InChI is InChI=1S/C25H29BrN8O2/c1-25(23(35)27-2)9-8-18(12-25)30-24-28-14-20-21(26)32-34(22(20)31-24)19-6-4-16(5-7-19)17-13-29-33(15-17)10-11-36-3/h4-7,13-15,18H,8-12H2,1-3H3,(H,27,35)(H,28,30,31)/t18-,25?/m1/s1. The smallest absolute Gasteiger partial charge is 0.225 e. The van der Waals surface area contributed by atoms with Crippen LogP contribution in [0.15, 0.2) is 47.5 Å². The maximum absolute atomic E-state index is 12.3. The van der Waals surface area contributed by atoms with Crippen molar-refractivity contribution in [3.63, 3.8) is 0 Å². The van der Waals surface area contributed by atoms with E-state index in [1.54, 1.807) is 25.0 Å². The number of fused-ring (bicyclic) bond motifs is 1. The molecule has 0 aliphatic heterocycles. The highest BCUT2D eigenvalue weighted by molar-refractivity contribution is 9.10. The molecule has 11 heteroatoms. The number of halogens is 1. The van der Waals surface area contributed by atoms with Gasteiger partial charge in [0.15, 0.2) is 5.65 Å². The van der Waals surface area contributed by atoms with E-state index in [4.69, 9.17) is 9.72 Å². The molecule has 1 amide bonds. The molecule has 2 atom stereocenters. The Morgan fingerprint density at radius 2 is 2.06 bits per heavy atom. The third-order valence-electron chi connectivity index (χ3n) is 6.83. The maximum atomic E-state index is 12.3. The van der Waals surface area contributed by atoms with Crippen LogP contribution in [0.4, 0.5) is 5.95 Å². The summed E-state index contributed by atoms with van der Waals surface area (Å²) in [6.45, 7) is 3.34. The van der Waals surface area contributed by atoms with E-state index in [2.05, 4.69) is 41.7 Å². The molecule has 1 fully saturated rings. The van der Waals surface area contributed by atoms with E-state index in [9.17, 15) is 4.79 Å². The Hall–Kier alpha value is -3.31. The van der Waals surface area contributed by atoms with E-state index >= 15 is 0 Å². The monoisotopic (exact) mass is 552 g/mol. The second-order valence-corrected chi connectivity index (χ2v) is 10.1. The van der Waals surface area contributed by atoms with E-state index in [1.807, 2.05) is 48.3 Å². The Kier molecular flexibility index (Phi) is 6.76. The van der Waals surface area contributed by atoms with E-state index < -0.39 is 0 Å². The van der Waals surface area contributed by atoms with Crippen molar-refractivity contribution < 1.29 is 9.53 Å². The molecule has 188 valence electrons. The number of nitrogens with one attached hydrogen (secondary N) is 2. The maximum Gasteiger partial charge on any atom is 0.225 e. The fraction of sp³-hybridized carbons (Fsp3) is 0.400. The lowest BCUT2D eigenvalue weighted by Crippen LogP contribution is -2.35. The van der Waals surface area contributed by atoms with Gasteiger partial charge in [0.05, 0.1) is 30.4 Å². The Labute approximate surface area is 217 Å². The highest BCUT2D eigenvalue weighted by Crippen LogP contribution is 2.39. The van der Waals surface area contributed by atoms with Crippen LogP contribution >= 0.6 is 15.9 Å². The minimum absolute atomic E-state index is 0.0796. The number of benzene rings is 1. The van der Waals surface area contributed by atoms with Gasteiger partial charge in [0.25, 0.3) is 0 Å². The molecule has 0 spiro atoms. The van der Waals surface area contributed by atoms with Crippen LogP contribution in [0.25, 0.3) is 27.8 Å². The summed E-state index contributed by atoms with van der Waals surface area (Å²) in [4.78, 5) is 21.6. The quantitative estimate of drug-likeness (QED) is 0.342. The lowest BCUT2D eigenvalue weighted by Gasteiger charge is -2.22. The molecule has 1 unspecified atom stereocenters. The highest BCUT2D eigenvalue weighted by atomic mass is 79.9. The number of carbonyl (C=O) groups excluding carboxylic acids is 1. The second-order valence-electron chi connectivity index (χ2n) is 9.39. The van der Waals surface area contributed by atoms with Crippen LogP contribution in [0.5, 0.6) is 0 Å². The van der Waals surface area contributed by atoms with Crippen LogP contribution in [-0.4, -0.2) is 62.2 Å². The third-order valence-corrected chi connectivity index (χ3v) is 7.42. The van der Waals surface area contributed by atoms with Crippen molar-refractivity contribution in [2.45, 2.75) is 38.8 Å². The van der Waals surface area contributed by atoms with E-state index in [-0.39, 0.29) is 17.4 Å². The van der Waals surface area contributed by atoms with Gasteiger partial charge in [-0.25, -0.2) is 9.67 Å². The van der Waals surface area contributed by atoms with Gasteiger partial charge in [0.2, 0.25) is 11.9 Å². The van der Waals surface area contributed by atoms with Crippen molar-refractivity contribution >= 4 is 38.8 Å². The molecule has 0 saturated heterocycles. The fourth-order valence-corrected chi connectivity index (χ4v) is 5.23. The van der Waals surface area contributed by atoms with Gasteiger partial charge >= 0.3 is 0 Å². The molecule has 1 aromatic carbocycles. The largest absolute Gasteiger partial charge is 0.383 e. The van der Waals surface area contributed by atoms with Crippen molar-refractivity contribution in [3.05, 3.63) is 47.5 Å². The summed E-state index contributed by atoms with van der Waals surface area (Å²) < 4.78 is 9.49. The molecule has 10 nitrogen and oxygen atoms in total. The zero-order chi connectivity index (χ0) is 25.3. The van der Waals surface area contributed by atoms with Crippen molar-refractivity contribution in [1.82, 2.24) is 34.8 Å². The van der Waals surface area contributed by atoms with Gasteiger partial charge in [-0.1, -0.05) is 19.1 Å². The predicted octanol–water partition coefficient (Wildman–Crippen LogP) is 3.80. The zero-order valence-electron chi connectivity index (χ0n) is 20.5. The average molecular weight is 553 g/mol. The normalized spacial score (nSPS) is 19.6.